The summed E-state index contributed by atoms with van der Waals surface area (Å²) in [5, 5.41) is 5.82. The SMILES string of the molecule is COCCCNC(=O)c1ccccc1NC(=O)CN(c1ccc(Cl)c(Cl)c1)S(=O)(=O)c1ccc(C)cc1. The molecule has 0 unspecified atom stereocenters. The van der Waals surface area contributed by atoms with Gasteiger partial charge in [0.2, 0.25) is 5.91 Å². The lowest BCUT2D eigenvalue weighted by molar-refractivity contribution is -0.114. The number of hydrogen-bond acceptors (Lipinski definition) is 5. The summed E-state index contributed by atoms with van der Waals surface area (Å²) in [5.41, 5.74) is 1.54. The molecule has 0 aromatic heterocycles. The maximum Gasteiger partial charge on any atom is 0.264 e. The van der Waals surface area contributed by atoms with Gasteiger partial charge in [-0.25, -0.2) is 8.42 Å². The summed E-state index contributed by atoms with van der Waals surface area (Å²) < 4.78 is 33.1. The molecular weight excluding hydrogens is 537 g/mol. The number of carbonyl (C=O) groups excluding carboxylic acids is 2. The number of ether oxygens (including phenoxy) is 1. The van der Waals surface area contributed by atoms with E-state index in [2.05, 4.69) is 10.6 Å². The van der Waals surface area contributed by atoms with Crippen LogP contribution < -0.4 is 14.9 Å². The number of amides is 2. The van der Waals surface area contributed by atoms with Gasteiger partial charge in [0.05, 0.1) is 31.9 Å². The summed E-state index contributed by atoms with van der Waals surface area (Å²) >= 11 is 12.2. The zero-order valence-electron chi connectivity index (χ0n) is 20.3. The summed E-state index contributed by atoms with van der Waals surface area (Å²) in [6, 6.07) is 17.0. The van der Waals surface area contributed by atoms with E-state index in [9.17, 15) is 18.0 Å². The van der Waals surface area contributed by atoms with Crippen LogP contribution in [0.3, 0.4) is 0 Å². The van der Waals surface area contributed by atoms with Gasteiger partial charge in [-0.15, -0.1) is 0 Å². The highest BCUT2D eigenvalue weighted by molar-refractivity contribution is 7.92. The molecule has 0 spiro atoms. The van der Waals surface area contributed by atoms with Gasteiger partial charge in [0.25, 0.3) is 15.9 Å². The van der Waals surface area contributed by atoms with Crippen molar-refractivity contribution in [1.82, 2.24) is 5.32 Å². The van der Waals surface area contributed by atoms with Crippen LogP contribution in [0.2, 0.25) is 10.0 Å². The van der Waals surface area contributed by atoms with E-state index >= 15 is 0 Å². The third-order valence-electron chi connectivity index (χ3n) is 5.34. The van der Waals surface area contributed by atoms with Gasteiger partial charge in [0.15, 0.2) is 0 Å². The first kappa shape index (κ1) is 28.5. The zero-order chi connectivity index (χ0) is 27.0. The largest absolute Gasteiger partial charge is 0.385 e. The number of anilines is 2. The van der Waals surface area contributed by atoms with E-state index in [-0.39, 0.29) is 37.8 Å². The molecule has 3 rings (SSSR count). The van der Waals surface area contributed by atoms with Crippen molar-refractivity contribution < 1.29 is 22.7 Å². The van der Waals surface area contributed by atoms with Crippen molar-refractivity contribution in [2.45, 2.75) is 18.2 Å². The average molecular weight is 564 g/mol. The van der Waals surface area contributed by atoms with Crippen molar-refractivity contribution in [3.63, 3.8) is 0 Å². The van der Waals surface area contributed by atoms with Crippen LogP contribution >= 0.6 is 23.2 Å². The van der Waals surface area contributed by atoms with E-state index < -0.39 is 22.5 Å². The lowest BCUT2D eigenvalue weighted by atomic mass is 10.1. The number of benzene rings is 3. The van der Waals surface area contributed by atoms with Crippen LogP contribution in [0.5, 0.6) is 0 Å². The van der Waals surface area contributed by atoms with E-state index in [0.29, 0.717) is 19.6 Å². The minimum absolute atomic E-state index is 0.00723. The molecule has 0 atom stereocenters. The predicted molar refractivity (Wildman–Crippen MR) is 146 cm³/mol. The highest BCUT2D eigenvalue weighted by Gasteiger charge is 2.28. The molecule has 0 aliphatic carbocycles. The molecular formula is C26H27Cl2N3O5S. The first-order chi connectivity index (χ1) is 17.6. The van der Waals surface area contributed by atoms with Crippen LogP contribution in [0, 0.1) is 6.92 Å². The Kier molecular flexibility index (Phi) is 9.93. The Morgan fingerprint density at radius 3 is 2.35 bits per heavy atom. The molecule has 0 radical (unpaired) electrons. The summed E-state index contributed by atoms with van der Waals surface area (Å²) in [6.45, 7) is 2.16. The van der Waals surface area contributed by atoms with Crippen molar-refractivity contribution >= 4 is 56.4 Å². The molecule has 2 amide bonds. The summed E-state index contributed by atoms with van der Waals surface area (Å²) in [7, 11) is -2.58. The number of hydrogen-bond donors (Lipinski definition) is 2. The highest BCUT2D eigenvalue weighted by Crippen LogP contribution is 2.30. The van der Waals surface area contributed by atoms with E-state index in [4.69, 9.17) is 27.9 Å². The van der Waals surface area contributed by atoms with Gasteiger partial charge >= 0.3 is 0 Å². The minimum Gasteiger partial charge on any atom is -0.385 e. The third kappa shape index (κ3) is 7.45. The number of rotatable bonds is 11. The molecule has 0 heterocycles. The van der Waals surface area contributed by atoms with Crippen molar-refractivity contribution in [3.05, 3.63) is 87.9 Å². The second-order valence-corrected chi connectivity index (χ2v) is 10.8. The third-order valence-corrected chi connectivity index (χ3v) is 7.87. The van der Waals surface area contributed by atoms with Crippen LogP contribution in [0.15, 0.2) is 71.6 Å². The zero-order valence-corrected chi connectivity index (χ0v) is 22.7. The highest BCUT2D eigenvalue weighted by atomic mass is 35.5. The molecule has 3 aromatic rings. The molecule has 2 N–H and O–H groups in total. The van der Waals surface area contributed by atoms with Gasteiger partial charge in [-0.2, -0.15) is 0 Å². The molecule has 11 heteroatoms. The number of sulfonamides is 1. The Morgan fingerprint density at radius 1 is 0.973 bits per heavy atom. The summed E-state index contributed by atoms with van der Waals surface area (Å²) in [5.74, 6) is -1.03. The number of para-hydroxylation sites is 1. The van der Waals surface area contributed by atoms with Crippen molar-refractivity contribution in [1.29, 1.82) is 0 Å². The van der Waals surface area contributed by atoms with E-state index in [1.165, 1.54) is 30.3 Å². The average Bonchev–Trinajstić information content (AvgIpc) is 2.87. The first-order valence-corrected chi connectivity index (χ1v) is 13.5. The van der Waals surface area contributed by atoms with Gasteiger partial charge in [-0.3, -0.25) is 13.9 Å². The number of halogens is 2. The van der Waals surface area contributed by atoms with Crippen LogP contribution in [-0.2, 0) is 19.6 Å². The van der Waals surface area contributed by atoms with Crippen LogP contribution in [0.25, 0.3) is 0 Å². The molecule has 0 fully saturated rings. The summed E-state index contributed by atoms with van der Waals surface area (Å²) in [6.07, 6.45) is 0.631. The Bertz CT molecular complexity index is 1360. The van der Waals surface area contributed by atoms with Crippen molar-refractivity contribution in [2.75, 3.05) is 36.4 Å². The maximum atomic E-state index is 13.6. The molecule has 3 aromatic carbocycles. The molecule has 196 valence electrons. The maximum absolute atomic E-state index is 13.6. The molecule has 0 bridgehead atoms. The molecule has 0 aliphatic heterocycles. The topological polar surface area (TPSA) is 105 Å². The monoisotopic (exact) mass is 563 g/mol. The van der Waals surface area contributed by atoms with E-state index in [1.807, 2.05) is 6.92 Å². The van der Waals surface area contributed by atoms with Gasteiger partial charge in [-0.05, 0) is 55.8 Å². The lowest BCUT2D eigenvalue weighted by Crippen LogP contribution is -2.38. The molecule has 37 heavy (non-hydrogen) atoms. The second-order valence-electron chi connectivity index (χ2n) is 8.12. The quantitative estimate of drug-likeness (QED) is 0.323. The number of aryl methyl sites for hydroxylation is 1. The Hall–Kier alpha value is -3.11. The Balaban J connectivity index is 1.88. The fourth-order valence-electron chi connectivity index (χ4n) is 3.42. The minimum atomic E-state index is -4.15. The Morgan fingerprint density at radius 2 is 1.68 bits per heavy atom. The first-order valence-electron chi connectivity index (χ1n) is 11.3. The van der Waals surface area contributed by atoms with Crippen LogP contribution in [0.1, 0.15) is 22.3 Å². The Labute approximate surface area is 226 Å². The fourth-order valence-corrected chi connectivity index (χ4v) is 5.12. The van der Waals surface area contributed by atoms with E-state index in [1.54, 1.807) is 43.5 Å². The number of methoxy groups -OCH3 is 1. The van der Waals surface area contributed by atoms with E-state index in [0.717, 1.165) is 9.87 Å². The predicted octanol–water partition coefficient (Wildman–Crippen LogP) is 4.90. The normalized spacial score (nSPS) is 11.1. The van der Waals surface area contributed by atoms with Crippen molar-refractivity contribution in [3.8, 4) is 0 Å². The smallest absolute Gasteiger partial charge is 0.264 e. The number of nitrogens with one attached hydrogen (secondary N) is 2. The number of nitrogens with zero attached hydrogens (tertiary/aromatic N) is 1. The van der Waals surface area contributed by atoms with Gasteiger partial charge in [-0.1, -0.05) is 53.0 Å². The molecule has 0 aliphatic rings. The van der Waals surface area contributed by atoms with Gasteiger partial charge in [0.1, 0.15) is 6.54 Å². The summed E-state index contributed by atoms with van der Waals surface area (Å²) in [4.78, 5) is 25.8. The van der Waals surface area contributed by atoms with Gasteiger partial charge in [0, 0.05) is 20.3 Å². The van der Waals surface area contributed by atoms with Gasteiger partial charge < -0.3 is 15.4 Å². The standard InChI is InChI=1S/C26H27Cl2N3O5S/c1-18-8-11-20(12-9-18)37(34,35)31(19-10-13-22(27)23(28)16-19)17-25(32)30-24-7-4-3-6-21(24)26(33)29-14-5-15-36-2/h3-4,6-13,16H,5,14-15,17H2,1-2H3,(H,29,33)(H,30,32). The van der Waals surface area contributed by atoms with Crippen LogP contribution in [0.4, 0.5) is 11.4 Å². The molecule has 8 nitrogen and oxygen atoms in total. The fraction of sp³-hybridized carbons (Fsp3) is 0.231. The van der Waals surface area contributed by atoms with Crippen molar-refractivity contribution in [2.24, 2.45) is 0 Å². The number of carbonyl (C=O) groups is 2. The molecule has 0 saturated heterocycles. The lowest BCUT2D eigenvalue weighted by Gasteiger charge is -2.25. The van der Waals surface area contributed by atoms with Crippen LogP contribution in [-0.4, -0.2) is 47.0 Å². The second kappa shape index (κ2) is 12.9. The molecule has 0 saturated carbocycles.